The summed E-state index contributed by atoms with van der Waals surface area (Å²) in [5, 5.41) is 0. The highest BCUT2D eigenvalue weighted by Gasteiger charge is 2.23. The Hall–Kier alpha value is -0.330. The summed E-state index contributed by atoms with van der Waals surface area (Å²) < 4.78 is 0. The average molecular weight is 126 g/mol. The molecule has 0 N–H and O–H groups in total. The van der Waals surface area contributed by atoms with E-state index in [4.69, 9.17) is 0 Å². The lowest BCUT2D eigenvalue weighted by Gasteiger charge is -2.21. The van der Waals surface area contributed by atoms with Crippen LogP contribution in [0.4, 0.5) is 0 Å². The van der Waals surface area contributed by atoms with Crippen molar-refractivity contribution < 1.29 is 4.79 Å². The quantitative estimate of drug-likeness (QED) is 0.485. The van der Waals surface area contributed by atoms with Gasteiger partial charge in [-0.3, -0.25) is 4.79 Å². The predicted octanol–water partition coefficient (Wildman–Crippen LogP) is 2.01. The minimum Gasteiger partial charge on any atom is -0.299 e. The molecule has 0 unspecified atom stereocenters. The second-order valence-electron chi connectivity index (χ2n) is 3.14. The molecule has 0 aromatic heterocycles. The zero-order valence-electron chi connectivity index (χ0n) is 6.18. The van der Waals surface area contributed by atoms with Gasteiger partial charge in [0.25, 0.3) is 0 Å². The summed E-state index contributed by atoms with van der Waals surface area (Å²) in [5.74, 6) is 1.16. The number of hydrogen-bond donors (Lipinski definition) is 0. The van der Waals surface area contributed by atoms with Crippen LogP contribution in [0.1, 0.15) is 33.1 Å². The lowest BCUT2D eigenvalue weighted by molar-refractivity contribution is -0.127. The van der Waals surface area contributed by atoms with Gasteiger partial charge in [0.05, 0.1) is 0 Å². The predicted molar refractivity (Wildman–Crippen MR) is 37.2 cm³/mol. The number of Topliss-reactive ketones (excluding diaryl/α,β-unsaturated/α-hetero) is 1. The Balaban J connectivity index is 2.52. The Kier molecular flexibility index (Phi) is 1.89. The van der Waals surface area contributed by atoms with Crippen LogP contribution in [0.25, 0.3) is 0 Å². The third-order valence-corrected chi connectivity index (χ3v) is 2.25. The Labute approximate surface area is 56.4 Å². The topological polar surface area (TPSA) is 17.1 Å². The van der Waals surface area contributed by atoms with E-state index in [1.54, 1.807) is 0 Å². The van der Waals surface area contributed by atoms with Crippen molar-refractivity contribution in [2.75, 3.05) is 0 Å². The molecule has 0 aliphatic heterocycles. The summed E-state index contributed by atoms with van der Waals surface area (Å²) in [6, 6.07) is 0. The van der Waals surface area contributed by atoms with E-state index in [-0.39, 0.29) is 0 Å². The minimum atomic E-state index is 0.341. The van der Waals surface area contributed by atoms with Crippen molar-refractivity contribution in [1.29, 1.82) is 0 Å². The van der Waals surface area contributed by atoms with Crippen LogP contribution in [0.5, 0.6) is 0 Å². The maximum Gasteiger partial charge on any atom is 0.138 e. The monoisotopic (exact) mass is 126 g/mol. The molecule has 1 nitrogen and oxygen atoms in total. The first-order chi connectivity index (χ1) is 4.22. The number of rotatable bonds is 0. The molecular formula is C8H14O. The summed E-state index contributed by atoms with van der Waals surface area (Å²) in [6.07, 6.45) is 3.47. The molecule has 1 fully saturated rings. The van der Waals surface area contributed by atoms with Crippen molar-refractivity contribution in [1.82, 2.24) is 0 Å². The fourth-order valence-corrected chi connectivity index (χ4v) is 1.50. The van der Waals surface area contributed by atoms with E-state index < -0.39 is 0 Å². The van der Waals surface area contributed by atoms with Gasteiger partial charge in [-0.05, 0) is 12.8 Å². The molecule has 0 saturated heterocycles. The molecule has 0 radical (unpaired) electrons. The smallest absolute Gasteiger partial charge is 0.138 e. The van der Waals surface area contributed by atoms with Crippen molar-refractivity contribution in [2.45, 2.75) is 33.1 Å². The number of carbonyl (C=O) groups excluding carboxylic acids is 1. The summed E-state index contributed by atoms with van der Waals surface area (Å²) >= 11 is 0. The van der Waals surface area contributed by atoms with Gasteiger partial charge in [0.1, 0.15) is 5.78 Å². The summed E-state index contributed by atoms with van der Waals surface area (Å²) in [6.45, 7) is 4.08. The number of ketones is 1. The largest absolute Gasteiger partial charge is 0.299 e. The number of hydrogen-bond acceptors (Lipinski definition) is 1. The molecule has 52 valence electrons. The van der Waals surface area contributed by atoms with Gasteiger partial charge >= 0.3 is 0 Å². The van der Waals surface area contributed by atoms with Gasteiger partial charge in [-0.25, -0.2) is 0 Å². The molecular weight excluding hydrogens is 112 g/mol. The molecule has 1 aliphatic carbocycles. The van der Waals surface area contributed by atoms with Crippen LogP contribution in [-0.4, -0.2) is 5.78 Å². The van der Waals surface area contributed by atoms with Gasteiger partial charge in [0, 0.05) is 11.8 Å². The summed E-state index contributed by atoms with van der Waals surface area (Å²) in [4.78, 5) is 11.1. The highest BCUT2D eigenvalue weighted by molar-refractivity contribution is 5.83. The van der Waals surface area contributed by atoms with E-state index in [0.29, 0.717) is 17.6 Å². The van der Waals surface area contributed by atoms with Crippen LogP contribution in [-0.2, 0) is 4.79 Å². The molecule has 9 heavy (non-hydrogen) atoms. The Morgan fingerprint density at radius 1 is 1.22 bits per heavy atom. The lowest BCUT2D eigenvalue weighted by atomic mass is 9.82. The molecule has 1 heteroatoms. The molecule has 1 aliphatic rings. The highest BCUT2D eigenvalue weighted by Crippen LogP contribution is 2.24. The van der Waals surface area contributed by atoms with Crippen molar-refractivity contribution in [2.24, 2.45) is 11.8 Å². The van der Waals surface area contributed by atoms with Crippen molar-refractivity contribution in [3.05, 3.63) is 0 Å². The van der Waals surface area contributed by atoms with E-state index in [1.807, 2.05) is 13.8 Å². The maximum atomic E-state index is 11.1. The van der Waals surface area contributed by atoms with Gasteiger partial charge in [-0.2, -0.15) is 0 Å². The molecule has 1 saturated carbocycles. The second kappa shape index (κ2) is 2.51. The van der Waals surface area contributed by atoms with Crippen molar-refractivity contribution >= 4 is 5.78 Å². The van der Waals surface area contributed by atoms with Crippen molar-refractivity contribution in [3.8, 4) is 0 Å². The van der Waals surface area contributed by atoms with E-state index in [1.165, 1.54) is 6.42 Å². The second-order valence-corrected chi connectivity index (χ2v) is 3.14. The van der Waals surface area contributed by atoms with Crippen LogP contribution >= 0.6 is 0 Å². The highest BCUT2D eigenvalue weighted by atomic mass is 16.1. The summed E-state index contributed by atoms with van der Waals surface area (Å²) in [5.41, 5.74) is 0. The fourth-order valence-electron chi connectivity index (χ4n) is 1.50. The van der Waals surface area contributed by atoms with Gasteiger partial charge in [0.15, 0.2) is 0 Å². The standard InChI is InChI=1S/C8H14O/c1-6-4-3-5-7(2)8(6)9/h6-7H,3-5H2,1-2H3/t6-,7+. The molecule has 0 bridgehead atoms. The molecule has 2 atom stereocenters. The normalized spacial score (nSPS) is 36.9. The van der Waals surface area contributed by atoms with Crippen molar-refractivity contribution in [3.63, 3.8) is 0 Å². The fraction of sp³-hybridized carbons (Fsp3) is 0.875. The van der Waals surface area contributed by atoms with Gasteiger partial charge in [-0.15, -0.1) is 0 Å². The SMILES string of the molecule is C[C@@H]1CCC[C@H](C)C1=O. The van der Waals surface area contributed by atoms with Crippen LogP contribution in [0.2, 0.25) is 0 Å². The molecule has 0 spiro atoms. The van der Waals surface area contributed by atoms with E-state index in [9.17, 15) is 4.79 Å². The summed E-state index contributed by atoms with van der Waals surface area (Å²) in [7, 11) is 0. The van der Waals surface area contributed by atoms with E-state index >= 15 is 0 Å². The molecule has 0 amide bonds. The minimum absolute atomic E-state index is 0.341. The van der Waals surface area contributed by atoms with Gasteiger partial charge in [-0.1, -0.05) is 20.3 Å². The third-order valence-electron chi connectivity index (χ3n) is 2.25. The van der Waals surface area contributed by atoms with Crippen LogP contribution in [0, 0.1) is 11.8 Å². The average Bonchev–Trinajstić information content (AvgIpc) is 1.83. The zero-order valence-corrected chi connectivity index (χ0v) is 6.18. The van der Waals surface area contributed by atoms with Gasteiger partial charge in [0.2, 0.25) is 0 Å². The molecule has 1 rings (SSSR count). The molecule has 0 aromatic carbocycles. The third kappa shape index (κ3) is 1.32. The lowest BCUT2D eigenvalue weighted by Crippen LogP contribution is -2.23. The molecule has 0 heterocycles. The van der Waals surface area contributed by atoms with Crippen LogP contribution in [0.3, 0.4) is 0 Å². The van der Waals surface area contributed by atoms with Gasteiger partial charge < -0.3 is 0 Å². The first-order valence-corrected chi connectivity index (χ1v) is 3.75. The Bertz CT molecular complexity index is 106. The van der Waals surface area contributed by atoms with Crippen LogP contribution in [0.15, 0.2) is 0 Å². The Morgan fingerprint density at radius 3 is 2.00 bits per heavy atom. The van der Waals surface area contributed by atoms with E-state index in [0.717, 1.165) is 12.8 Å². The zero-order chi connectivity index (χ0) is 6.85. The number of carbonyl (C=O) groups is 1. The van der Waals surface area contributed by atoms with E-state index in [2.05, 4.69) is 0 Å². The maximum absolute atomic E-state index is 11.1. The Morgan fingerprint density at radius 2 is 1.67 bits per heavy atom. The first-order valence-electron chi connectivity index (χ1n) is 3.75. The molecule has 0 aromatic rings. The first kappa shape index (κ1) is 6.79. The van der Waals surface area contributed by atoms with Crippen LogP contribution < -0.4 is 0 Å².